The molecule has 3 aromatic carbocycles. The molecule has 4 rings (SSSR count). The van der Waals surface area contributed by atoms with E-state index < -0.39 is 0 Å². The van der Waals surface area contributed by atoms with Crippen molar-refractivity contribution in [3.05, 3.63) is 115 Å². The molecule has 0 spiro atoms. The van der Waals surface area contributed by atoms with Crippen LogP contribution >= 0.6 is 0 Å². The fraction of sp³-hybridized carbons (Fsp3) is 0. The van der Waals surface area contributed by atoms with Crippen LogP contribution in [0, 0.1) is 0 Å². The number of hydrogen-bond acceptors (Lipinski definition) is 2. The van der Waals surface area contributed by atoms with E-state index in [1.165, 1.54) is 16.4 Å². The molecule has 1 heterocycles. The van der Waals surface area contributed by atoms with Crippen LogP contribution in [0.3, 0.4) is 0 Å². The Bertz CT molecular complexity index is 788. The van der Waals surface area contributed by atoms with Gasteiger partial charge in [0.05, 0.1) is 0 Å². The summed E-state index contributed by atoms with van der Waals surface area (Å²) in [7, 11) is 0. The molecule has 0 saturated carbocycles. The third kappa shape index (κ3) is 4.84. The van der Waals surface area contributed by atoms with Crippen molar-refractivity contribution in [3.63, 3.8) is 0 Å². The Balaban J connectivity index is 0.000000236. The van der Waals surface area contributed by atoms with E-state index in [0.29, 0.717) is 12.5 Å². The predicted molar refractivity (Wildman–Crippen MR) is 113 cm³/mol. The van der Waals surface area contributed by atoms with E-state index in [9.17, 15) is 0 Å². The largest absolute Gasteiger partial charge is 0.384 e. The Kier molecular flexibility index (Phi) is 6.21. The molecule has 3 heteroatoms. The highest BCUT2D eigenvalue weighted by Crippen LogP contribution is 1.95. The van der Waals surface area contributed by atoms with Crippen molar-refractivity contribution in [3.8, 4) is 0 Å². The first-order chi connectivity index (χ1) is 12.8. The van der Waals surface area contributed by atoms with E-state index >= 15 is 0 Å². The molecule has 0 saturated heterocycles. The molecule has 0 aliphatic rings. The second kappa shape index (κ2) is 9.23. The molecule has 126 valence electrons. The van der Waals surface area contributed by atoms with E-state index in [0.717, 1.165) is 0 Å². The molecule has 0 aliphatic carbocycles. The van der Waals surface area contributed by atoms with Crippen LogP contribution in [-0.2, 0) is 0 Å². The highest BCUT2D eigenvalue weighted by molar-refractivity contribution is 6.95. The quantitative estimate of drug-likeness (QED) is 0.585. The Morgan fingerprint density at radius 1 is 0.500 bits per heavy atom. The van der Waals surface area contributed by atoms with Gasteiger partial charge in [-0.3, -0.25) is 0 Å². The topological polar surface area (TPSA) is 38.9 Å². The standard InChI is InChI=1S/C18H15B.C5H6N2/c1-4-10-16(11-5-1)19(17-12-6-2-7-13-17)18-14-8-3-9-15-18;6-5-3-1-2-4-7-5/h1-15H;1-4H,(H2,6,7). The maximum atomic E-state index is 5.25. The minimum absolute atomic E-state index is 0.309. The Morgan fingerprint density at radius 3 is 1.15 bits per heavy atom. The summed E-state index contributed by atoms with van der Waals surface area (Å²) in [5, 5.41) is 0. The lowest BCUT2D eigenvalue weighted by molar-refractivity contribution is 1.34. The van der Waals surface area contributed by atoms with Crippen molar-refractivity contribution in [2.75, 3.05) is 5.73 Å². The monoisotopic (exact) mass is 336 g/mol. The summed E-state index contributed by atoms with van der Waals surface area (Å²) in [5.74, 6) is 0.572. The first-order valence-corrected chi connectivity index (χ1v) is 8.66. The van der Waals surface area contributed by atoms with Crippen molar-refractivity contribution >= 4 is 28.9 Å². The van der Waals surface area contributed by atoms with Crippen LogP contribution in [0.25, 0.3) is 0 Å². The van der Waals surface area contributed by atoms with E-state index in [1.54, 1.807) is 12.3 Å². The normalized spacial score (nSPS) is 9.69. The molecular formula is C23H21BN2. The molecule has 0 radical (unpaired) electrons. The van der Waals surface area contributed by atoms with Crippen LogP contribution in [0.15, 0.2) is 115 Å². The lowest BCUT2D eigenvalue weighted by Gasteiger charge is -2.15. The number of aromatic nitrogens is 1. The summed E-state index contributed by atoms with van der Waals surface area (Å²) in [6.07, 6.45) is 1.66. The van der Waals surface area contributed by atoms with E-state index in [4.69, 9.17) is 5.73 Å². The summed E-state index contributed by atoms with van der Waals surface area (Å²) >= 11 is 0. The Hall–Kier alpha value is -3.33. The number of nitrogens with two attached hydrogens (primary N) is 1. The van der Waals surface area contributed by atoms with Crippen LogP contribution in [0.1, 0.15) is 0 Å². The van der Waals surface area contributed by atoms with Gasteiger partial charge in [-0.25, -0.2) is 4.98 Å². The second-order valence-electron chi connectivity index (χ2n) is 5.92. The van der Waals surface area contributed by atoms with E-state index in [1.807, 2.05) is 12.1 Å². The van der Waals surface area contributed by atoms with Gasteiger partial charge in [0, 0.05) is 6.20 Å². The number of benzene rings is 3. The summed E-state index contributed by atoms with van der Waals surface area (Å²) in [5.41, 5.74) is 9.25. The van der Waals surface area contributed by atoms with Gasteiger partial charge < -0.3 is 5.73 Å². The van der Waals surface area contributed by atoms with Crippen LogP contribution in [0.2, 0.25) is 0 Å². The molecule has 26 heavy (non-hydrogen) atoms. The first kappa shape index (κ1) is 17.5. The number of pyridine rings is 1. The molecule has 1 aromatic heterocycles. The zero-order valence-electron chi connectivity index (χ0n) is 14.6. The Morgan fingerprint density at radius 2 is 0.885 bits per heavy atom. The number of hydrogen-bond donors (Lipinski definition) is 1. The van der Waals surface area contributed by atoms with Gasteiger partial charge in [0.25, 0.3) is 0 Å². The average Bonchev–Trinajstić information content (AvgIpc) is 2.72. The van der Waals surface area contributed by atoms with Crippen molar-refractivity contribution in [1.82, 2.24) is 4.98 Å². The molecule has 0 atom stereocenters. The number of nitrogen functional groups attached to an aromatic ring is 1. The van der Waals surface area contributed by atoms with Gasteiger partial charge in [-0.15, -0.1) is 0 Å². The van der Waals surface area contributed by atoms with Crippen molar-refractivity contribution in [2.24, 2.45) is 0 Å². The van der Waals surface area contributed by atoms with Crippen LogP contribution in [0.4, 0.5) is 5.82 Å². The molecule has 0 amide bonds. The molecule has 0 fully saturated rings. The van der Waals surface area contributed by atoms with Crippen LogP contribution in [0.5, 0.6) is 0 Å². The summed E-state index contributed by atoms with van der Waals surface area (Å²) in [4.78, 5) is 3.76. The molecular weight excluding hydrogens is 315 g/mol. The molecule has 4 aromatic rings. The molecule has 0 bridgehead atoms. The third-order valence-electron chi connectivity index (χ3n) is 4.09. The van der Waals surface area contributed by atoms with Gasteiger partial charge >= 0.3 is 0 Å². The zero-order chi connectivity index (χ0) is 18.0. The summed E-state index contributed by atoms with van der Waals surface area (Å²) in [6, 6.07) is 37.5. The van der Waals surface area contributed by atoms with Gasteiger partial charge in [-0.2, -0.15) is 0 Å². The average molecular weight is 336 g/mol. The predicted octanol–water partition coefficient (Wildman–Crippen LogP) is 2.87. The van der Waals surface area contributed by atoms with E-state index in [2.05, 4.69) is 96.0 Å². The second-order valence-corrected chi connectivity index (χ2v) is 5.92. The fourth-order valence-electron chi connectivity index (χ4n) is 2.89. The minimum Gasteiger partial charge on any atom is -0.384 e. The molecule has 0 unspecified atom stereocenters. The number of nitrogens with zero attached hydrogens (tertiary/aromatic N) is 1. The fourth-order valence-corrected chi connectivity index (χ4v) is 2.89. The van der Waals surface area contributed by atoms with Gasteiger partial charge in [0.15, 0.2) is 0 Å². The van der Waals surface area contributed by atoms with E-state index in [-0.39, 0.29) is 0 Å². The highest BCUT2D eigenvalue weighted by atomic mass is 14.8. The number of anilines is 1. The SMILES string of the molecule is Nc1ccccn1.c1ccc(B(c2ccccc2)c2ccccc2)cc1. The first-order valence-electron chi connectivity index (χ1n) is 8.66. The van der Waals surface area contributed by atoms with Crippen molar-refractivity contribution < 1.29 is 0 Å². The maximum absolute atomic E-state index is 5.25. The van der Waals surface area contributed by atoms with Gasteiger partial charge in [0.1, 0.15) is 5.82 Å². The van der Waals surface area contributed by atoms with Crippen LogP contribution in [-0.4, -0.2) is 11.7 Å². The van der Waals surface area contributed by atoms with Gasteiger partial charge in [0.2, 0.25) is 6.71 Å². The third-order valence-corrected chi connectivity index (χ3v) is 4.09. The highest BCUT2D eigenvalue weighted by Gasteiger charge is 2.20. The zero-order valence-corrected chi connectivity index (χ0v) is 14.6. The summed E-state index contributed by atoms with van der Waals surface area (Å²) in [6.45, 7) is 0.309. The van der Waals surface area contributed by atoms with Crippen molar-refractivity contribution in [1.29, 1.82) is 0 Å². The van der Waals surface area contributed by atoms with Crippen molar-refractivity contribution in [2.45, 2.75) is 0 Å². The maximum Gasteiger partial charge on any atom is 0.241 e. The Labute approximate surface area is 155 Å². The molecule has 2 nitrogen and oxygen atoms in total. The lowest BCUT2D eigenvalue weighted by Crippen LogP contribution is -2.51. The lowest BCUT2D eigenvalue weighted by atomic mass is 9.37. The van der Waals surface area contributed by atoms with Crippen LogP contribution < -0.4 is 22.1 Å². The smallest absolute Gasteiger partial charge is 0.241 e. The summed E-state index contributed by atoms with van der Waals surface area (Å²) < 4.78 is 0. The molecule has 0 aliphatic heterocycles. The number of rotatable bonds is 3. The molecule has 2 N–H and O–H groups in total. The van der Waals surface area contributed by atoms with Gasteiger partial charge in [-0.05, 0) is 12.1 Å². The minimum atomic E-state index is 0.309. The van der Waals surface area contributed by atoms with Gasteiger partial charge in [-0.1, -0.05) is 113 Å².